The zero-order chi connectivity index (χ0) is 16.3. The van der Waals surface area contributed by atoms with E-state index in [2.05, 4.69) is 20.7 Å². The molecule has 0 saturated carbocycles. The van der Waals surface area contributed by atoms with Crippen molar-refractivity contribution >= 4 is 31.9 Å². The van der Waals surface area contributed by atoms with Crippen molar-refractivity contribution in [3.8, 4) is 0 Å². The second kappa shape index (κ2) is 6.66. The standard InChI is InChI=1S/C14H12BrFN2O3S/c15-13-7-9(8-18-22(17,20)21)1-6-12(13)14(19)10-2-4-11(16)5-3-10/h1-7,18H,8H2,(H2,17,20,21). The van der Waals surface area contributed by atoms with Crippen molar-refractivity contribution in [1.29, 1.82) is 0 Å². The molecule has 8 heteroatoms. The Morgan fingerprint density at radius 1 is 1.18 bits per heavy atom. The number of carbonyl (C=O) groups excluding carboxylic acids is 1. The molecule has 0 unspecified atom stereocenters. The van der Waals surface area contributed by atoms with Crippen molar-refractivity contribution in [2.45, 2.75) is 6.54 Å². The molecule has 0 atom stereocenters. The lowest BCUT2D eigenvalue weighted by molar-refractivity contribution is 0.103. The predicted octanol–water partition coefficient (Wildman–Crippen LogP) is 2.11. The summed E-state index contributed by atoms with van der Waals surface area (Å²) in [6.07, 6.45) is 0. The van der Waals surface area contributed by atoms with Crippen LogP contribution in [0.5, 0.6) is 0 Å². The van der Waals surface area contributed by atoms with Crippen LogP contribution in [0.1, 0.15) is 21.5 Å². The van der Waals surface area contributed by atoms with Crippen LogP contribution in [-0.2, 0) is 16.8 Å². The Bertz CT molecular complexity index is 807. The summed E-state index contributed by atoms with van der Waals surface area (Å²) in [6.45, 7) is 0.0163. The molecule has 3 N–H and O–H groups in total. The van der Waals surface area contributed by atoms with Gasteiger partial charge in [-0.1, -0.05) is 22.0 Å². The van der Waals surface area contributed by atoms with E-state index in [1.54, 1.807) is 18.2 Å². The number of hydrogen-bond donors (Lipinski definition) is 2. The molecule has 22 heavy (non-hydrogen) atoms. The van der Waals surface area contributed by atoms with Gasteiger partial charge >= 0.3 is 0 Å². The number of hydrogen-bond acceptors (Lipinski definition) is 3. The van der Waals surface area contributed by atoms with Crippen LogP contribution in [0, 0.1) is 5.82 Å². The molecule has 0 saturated heterocycles. The summed E-state index contributed by atoms with van der Waals surface area (Å²) in [5.74, 6) is -0.683. The highest BCUT2D eigenvalue weighted by Gasteiger charge is 2.13. The van der Waals surface area contributed by atoms with E-state index in [0.717, 1.165) is 0 Å². The Hall–Kier alpha value is -1.61. The molecule has 116 valence electrons. The third-order valence-corrected chi connectivity index (χ3v) is 4.06. The number of nitrogens with one attached hydrogen (secondary N) is 1. The molecular formula is C14H12BrFN2O3S. The number of nitrogens with two attached hydrogens (primary N) is 1. The quantitative estimate of drug-likeness (QED) is 0.771. The van der Waals surface area contributed by atoms with Crippen molar-refractivity contribution in [2.24, 2.45) is 5.14 Å². The largest absolute Gasteiger partial charge is 0.289 e. The molecule has 2 aromatic carbocycles. The summed E-state index contributed by atoms with van der Waals surface area (Å²) >= 11 is 3.28. The zero-order valence-corrected chi connectivity index (χ0v) is 13.6. The second-order valence-corrected chi connectivity index (χ2v) is 6.75. The first-order chi connectivity index (χ1) is 10.3. The smallest absolute Gasteiger partial charge is 0.274 e. The van der Waals surface area contributed by atoms with E-state index in [1.807, 2.05) is 0 Å². The number of rotatable bonds is 5. The second-order valence-electron chi connectivity index (χ2n) is 4.52. The van der Waals surface area contributed by atoms with Crippen molar-refractivity contribution in [3.63, 3.8) is 0 Å². The van der Waals surface area contributed by atoms with Gasteiger partial charge in [-0.25, -0.2) is 9.53 Å². The third kappa shape index (κ3) is 4.44. The minimum Gasteiger partial charge on any atom is -0.289 e. The van der Waals surface area contributed by atoms with Gasteiger partial charge in [0, 0.05) is 22.1 Å². The predicted molar refractivity (Wildman–Crippen MR) is 83.9 cm³/mol. The Morgan fingerprint density at radius 3 is 2.36 bits per heavy atom. The van der Waals surface area contributed by atoms with Crippen LogP contribution in [0.3, 0.4) is 0 Å². The molecule has 0 aromatic heterocycles. The van der Waals surface area contributed by atoms with Crippen molar-refractivity contribution in [2.75, 3.05) is 0 Å². The highest BCUT2D eigenvalue weighted by atomic mass is 79.9. The molecular weight excluding hydrogens is 375 g/mol. The number of carbonyl (C=O) groups is 1. The third-order valence-electron chi connectivity index (χ3n) is 2.86. The van der Waals surface area contributed by atoms with Crippen LogP contribution >= 0.6 is 15.9 Å². The average molecular weight is 387 g/mol. The fourth-order valence-corrected chi connectivity index (χ4v) is 2.77. The lowest BCUT2D eigenvalue weighted by atomic mass is 10.0. The minimum absolute atomic E-state index is 0.0163. The topological polar surface area (TPSA) is 89.3 Å². The maximum absolute atomic E-state index is 12.9. The van der Waals surface area contributed by atoms with Gasteiger partial charge in [-0.2, -0.15) is 13.1 Å². The van der Waals surface area contributed by atoms with Gasteiger partial charge in [0.15, 0.2) is 5.78 Å². The maximum Gasteiger partial charge on any atom is 0.274 e. The van der Waals surface area contributed by atoms with E-state index in [9.17, 15) is 17.6 Å². The van der Waals surface area contributed by atoms with Crippen LogP contribution in [-0.4, -0.2) is 14.2 Å². The van der Waals surface area contributed by atoms with E-state index in [0.29, 0.717) is 21.2 Å². The molecule has 0 aliphatic heterocycles. The van der Waals surface area contributed by atoms with Gasteiger partial charge in [-0.05, 0) is 42.0 Å². The zero-order valence-electron chi connectivity index (χ0n) is 11.2. The van der Waals surface area contributed by atoms with Gasteiger partial charge in [0.05, 0.1) is 0 Å². The molecule has 0 spiro atoms. The lowest BCUT2D eigenvalue weighted by Gasteiger charge is -2.07. The van der Waals surface area contributed by atoms with Gasteiger partial charge in [-0.15, -0.1) is 0 Å². The minimum atomic E-state index is -3.78. The molecule has 5 nitrogen and oxygen atoms in total. The number of halogens is 2. The molecule has 0 aliphatic carbocycles. The van der Waals surface area contributed by atoms with Gasteiger partial charge < -0.3 is 0 Å². The first kappa shape index (κ1) is 16.8. The monoisotopic (exact) mass is 386 g/mol. The first-order valence-corrected chi connectivity index (χ1v) is 8.46. The fraction of sp³-hybridized carbons (Fsp3) is 0.0714. The fourth-order valence-electron chi connectivity index (χ4n) is 1.79. The highest BCUT2D eigenvalue weighted by Crippen LogP contribution is 2.22. The summed E-state index contributed by atoms with van der Waals surface area (Å²) < 4.78 is 37.2. The average Bonchev–Trinajstić information content (AvgIpc) is 2.44. The van der Waals surface area contributed by atoms with E-state index in [1.165, 1.54) is 24.3 Å². The number of ketones is 1. The van der Waals surface area contributed by atoms with Gasteiger partial charge in [0.1, 0.15) is 5.82 Å². The molecule has 2 aromatic rings. The Kier molecular flexibility index (Phi) is 5.07. The van der Waals surface area contributed by atoms with E-state index >= 15 is 0 Å². The van der Waals surface area contributed by atoms with E-state index in [-0.39, 0.29) is 12.3 Å². The van der Waals surface area contributed by atoms with Gasteiger partial charge in [-0.3, -0.25) is 4.79 Å². The first-order valence-electron chi connectivity index (χ1n) is 6.12. The summed E-state index contributed by atoms with van der Waals surface area (Å²) in [7, 11) is -3.78. The van der Waals surface area contributed by atoms with Crippen LogP contribution in [0.25, 0.3) is 0 Å². The SMILES string of the molecule is NS(=O)(=O)NCc1ccc(C(=O)c2ccc(F)cc2)c(Br)c1. The van der Waals surface area contributed by atoms with Crippen LogP contribution < -0.4 is 9.86 Å². The van der Waals surface area contributed by atoms with E-state index < -0.39 is 16.0 Å². The van der Waals surface area contributed by atoms with Crippen LogP contribution in [0.4, 0.5) is 4.39 Å². The molecule has 0 heterocycles. The highest BCUT2D eigenvalue weighted by molar-refractivity contribution is 9.10. The van der Waals surface area contributed by atoms with Crippen LogP contribution in [0.2, 0.25) is 0 Å². The van der Waals surface area contributed by atoms with Gasteiger partial charge in [0.25, 0.3) is 10.2 Å². The summed E-state index contributed by atoms with van der Waals surface area (Å²) in [5, 5.41) is 4.85. The van der Waals surface area contributed by atoms with Crippen molar-refractivity contribution in [1.82, 2.24) is 4.72 Å². The summed E-state index contributed by atoms with van der Waals surface area (Å²) in [6, 6.07) is 10.0. The van der Waals surface area contributed by atoms with Crippen molar-refractivity contribution < 1.29 is 17.6 Å². The van der Waals surface area contributed by atoms with Crippen molar-refractivity contribution in [3.05, 3.63) is 69.4 Å². The molecule has 0 amide bonds. The molecule has 0 radical (unpaired) electrons. The van der Waals surface area contributed by atoms with Crippen LogP contribution in [0.15, 0.2) is 46.9 Å². The van der Waals surface area contributed by atoms with E-state index in [4.69, 9.17) is 5.14 Å². The molecule has 2 rings (SSSR count). The summed E-state index contributed by atoms with van der Waals surface area (Å²) in [5.41, 5.74) is 1.39. The Balaban J connectivity index is 2.22. The number of benzene rings is 2. The molecule has 0 bridgehead atoms. The Morgan fingerprint density at radius 2 is 1.82 bits per heavy atom. The normalized spacial score (nSPS) is 11.4. The molecule has 0 aliphatic rings. The maximum atomic E-state index is 12.9. The Labute approximate surface area is 135 Å². The van der Waals surface area contributed by atoms with Gasteiger partial charge in [0.2, 0.25) is 0 Å². The summed E-state index contributed by atoms with van der Waals surface area (Å²) in [4.78, 5) is 12.3. The molecule has 0 fully saturated rings. The lowest BCUT2D eigenvalue weighted by Crippen LogP contribution is -2.30.